The Kier molecular flexibility index (Phi) is 3.56. The maximum Gasteiger partial charge on any atom is 0.276 e. The first kappa shape index (κ1) is 11.1. The highest BCUT2D eigenvalue weighted by Crippen LogP contribution is 2.20. The van der Waals surface area contributed by atoms with E-state index in [4.69, 9.17) is 5.73 Å². The van der Waals surface area contributed by atoms with E-state index < -0.39 is 0 Å². The largest absolute Gasteiger partial charge is 0.364 e. The van der Waals surface area contributed by atoms with Gasteiger partial charge in [0.2, 0.25) is 0 Å². The van der Waals surface area contributed by atoms with Crippen LogP contribution in [0.15, 0.2) is 16.9 Å². The fraction of sp³-hybridized carbons (Fsp3) is 0.636. The molecular weight excluding hydrogens is 206 g/mol. The van der Waals surface area contributed by atoms with Gasteiger partial charge in [0.05, 0.1) is 0 Å². The van der Waals surface area contributed by atoms with Crippen LogP contribution in [0, 0.1) is 5.92 Å². The molecule has 0 bridgehead atoms. The van der Waals surface area contributed by atoms with Crippen LogP contribution in [0.5, 0.6) is 0 Å². The highest BCUT2D eigenvalue weighted by Gasteiger charge is 2.25. The number of aromatic nitrogens is 1. The number of carbonyl (C=O) groups excluding carboxylic acids is 1. The first-order valence-corrected chi connectivity index (χ1v) is 5.71. The van der Waals surface area contributed by atoms with Gasteiger partial charge in [0.25, 0.3) is 5.91 Å². The third-order valence-electron chi connectivity index (χ3n) is 3.04. The fourth-order valence-corrected chi connectivity index (χ4v) is 2.21. The van der Waals surface area contributed by atoms with Crippen molar-refractivity contribution in [1.29, 1.82) is 0 Å². The predicted molar refractivity (Wildman–Crippen MR) is 58.8 cm³/mol. The predicted octanol–water partition coefficient (Wildman–Crippen LogP) is 0.876. The number of rotatable bonds is 3. The molecule has 5 heteroatoms. The van der Waals surface area contributed by atoms with Gasteiger partial charge in [0.15, 0.2) is 5.69 Å². The summed E-state index contributed by atoms with van der Waals surface area (Å²) in [6, 6.07) is 1.61. The molecule has 2 N–H and O–H groups in total. The Morgan fingerprint density at radius 2 is 2.56 bits per heavy atom. The van der Waals surface area contributed by atoms with Crippen molar-refractivity contribution in [3.8, 4) is 0 Å². The van der Waals surface area contributed by atoms with Crippen LogP contribution in [0.4, 0.5) is 0 Å². The van der Waals surface area contributed by atoms with Crippen LogP contribution in [0.1, 0.15) is 29.8 Å². The van der Waals surface area contributed by atoms with Crippen molar-refractivity contribution in [1.82, 2.24) is 10.1 Å². The van der Waals surface area contributed by atoms with Crippen LogP contribution in [0.2, 0.25) is 0 Å². The maximum absolute atomic E-state index is 12.0. The molecule has 2 rings (SSSR count). The van der Waals surface area contributed by atoms with Crippen molar-refractivity contribution >= 4 is 5.91 Å². The first-order chi connectivity index (χ1) is 7.81. The summed E-state index contributed by atoms with van der Waals surface area (Å²) in [5, 5.41) is 3.67. The van der Waals surface area contributed by atoms with Gasteiger partial charge in [-0.1, -0.05) is 5.16 Å². The standard InChI is InChI=1S/C11H17N3O2/c12-5-3-9-2-1-6-14(8-9)11(15)10-4-7-16-13-10/h4,7,9H,1-3,5-6,8,12H2. The Hall–Kier alpha value is -1.36. The van der Waals surface area contributed by atoms with E-state index in [1.54, 1.807) is 6.07 Å². The molecule has 2 heterocycles. The first-order valence-electron chi connectivity index (χ1n) is 5.71. The molecular formula is C11H17N3O2. The molecule has 5 nitrogen and oxygen atoms in total. The minimum Gasteiger partial charge on any atom is -0.364 e. The van der Waals surface area contributed by atoms with Gasteiger partial charge < -0.3 is 15.2 Å². The zero-order valence-corrected chi connectivity index (χ0v) is 9.26. The summed E-state index contributed by atoms with van der Waals surface area (Å²) in [5.74, 6) is 0.505. The third-order valence-corrected chi connectivity index (χ3v) is 3.04. The number of nitrogens with two attached hydrogens (primary N) is 1. The van der Waals surface area contributed by atoms with Crippen LogP contribution in [-0.4, -0.2) is 35.6 Å². The molecule has 0 spiro atoms. The molecule has 1 aliphatic heterocycles. The van der Waals surface area contributed by atoms with E-state index in [1.807, 2.05) is 4.90 Å². The quantitative estimate of drug-likeness (QED) is 0.825. The van der Waals surface area contributed by atoms with Gasteiger partial charge in [-0.05, 0) is 31.7 Å². The summed E-state index contributed by atoms with van der Waals surface area (Å²) in [5.41, 5.74) is 5.94. The molecule has 1 atom stereocenters. The molecule has 1 aromatic heterocycles. The van der Waals surface area contributed by atoms with Crippen LogP contribution < -0.4 is 5.73 Å². The van der Waals surface area contributed by atoms with Gasteiger partial charge in [-0.25, -0.2) is 0 Å². The monoisotopic (exact) mass is 223 g/mol. The number of likely N-dealkylation sites (tertiary alicyclic amines) is 1. The van der Waals surface area contributed by atoms with Gasteiger partial charge in [-0.2, -0.15) is 0 Å². The van der Waals surface area contributed by atoms with Crippen molar-refractivity contribution in [2.24, 2.45) is 11.7 Å². The minimum absolute atomic E-state index is 0.0320. The van der Waals surface area contributed by atoms with Crippen LogP contribution in [-0.2, 0) is 0 Å². The van der Waals surface area contributed by atoms with Gasteiger partial charge in [-0.3, -0.25) is 4.79 Å². The Morgan fingerprint density at radius 3 is 3.25 bits per heavy atom. The van der Waals surface area contributed by atoms with Gasteiger partial charge in [0, 0.05) is 19.2 Å². The molecule has 0 aromatic carbocycles. The van der Waals surface area contributed by atoms with Crippen molar-refractivity contribution < 1.29 is 9.32 Å². The number of amides is 1. The van der Waals surface area contributed by atoms with E-state index in [2.05, 4.69) is 9.68 Å². The lowest BCUT2D eigenvalue weighted by atomic mass is 9.95. The fourth-order valence-electron chi connectivity index (χ4n) is 2.21. The maximum atomic E-state index is 12.0. The average molecular weight is 223 g/mol. The summed E-state index contributed by atoms with van der Waals surface area (Å²) in [4.78, 5) is 13.8. The van der Waals surface area contributed by atoms with Crippen molar-refractivity contribution in [3.05, 3.63) is 18.0 Å². The normalized spacial score (nSPS) is 21.1. The van der Waals surface area contributed by atoms with E-state index in [0.29, 0.717) is 18.2 Å². The number of hydrogen-bond donors (Lipinski definition) is 1. The molecule has 88 valence electrons. The second kappa shape index (κ2) is 5.12. The number of hydrogen-bond acceptors (Lipinski definition) is 4. The van der Waals surface area contributed by atoms with Crippen LogP contribution in [0.3, 0.4) is 0 Å². The van der Waals surface area contributed by atoms with Gasteiger partial charge in [0.1, 0.15) is 6.26 Å². The molecule has 1 saturated heterocycles. The van der Waals surface area contributed by atoms with E-state index in [-0.39, 0.29) is 5.91 Å². The molecule has 1 amide bonds. The second-order valence-electron chi connectivity index (χ2n) is 4.22. The molecule has 1 aliphatic rings. The molecule has 0 aliphatic carbocycles. The summed E-state index contributed by atoms with van der Waals surface area (Å²) in [6.45, 7) is 2.30. The van der Waals surface area contributed by atoms with Gasteiger partial charge in [-0.15, -0.1) is 0 Å². The molecule has 0 saturated carbocycles. The lowest BCUT2D eigenvalue weighted by Crippen LogP contribution is -2.40. The Bertz CT molecular complexity index is 335. The SMILES string of the molecule is NCCC1CCCN(C(=O)c2ccon2)C1. The van der Waals surface area contributed by atoms with E-state index in [1.165, 1.54) is 12.7 Å². The summed E-state index contributed by atoms with van der Waals surface area (Å²) >= 11 is 0. The van der Waals surface area contributed by atoms with E-state index in [0.717, 1.165) is 25.9 Å². The number of carbonyl (C=O) groups is 1. The summed E-state index contributed by atoms with van der Waals surface area (Å²) in [6.07, 6.45) is 4.63. The summed E-state index contributed by atoms with van der Waals surface area (Å²) in [7, 11) is 0. The third kappa shape index (κ3) is 2.41. The smallest absolute Gasteiger partial charge is 0.276 e. The van der Waals surface area contributed by atoms with E-state index >= 15 is 0 Å². The lowest BCUT2D eigenvalue weighted by molar-refractivity contribution is 0.0659. The molecule has 1 unspecified atom stereocenters. The van der Waals surface area contributed by atoms with Crippen molar-refractivity contribution in [2.45, 2.75) is 19.3 Å². The molecule has 16 heavy (non-hydrogen) atoms. The minimum atomic E-state index is -0.0320. The molecule has 1 fully saturated rings. The lowest BCUT2D eigenvalue weighted by Gasteiger charge is -2.32. The molecule has 0 radical (unpaired) electrons. The van der Waals surface area contributed by atoms with Crippen LogP contribution >= 0.6 is 0 Å². The second-order valence-corrected chi connectivity index (χ2v) is 4.22. The summed E-state index contributed by atoms with van der Waals surface area (Å²) < 4.78 is 4.68. The number of piperidine rings is 1. The highest BCUT2D eigenvalue weighted by atomic mass is 16.5. The highest BCUT2D eigenvalue weighted by molar-refractivity contribution is 5.92. The Balaban J connectivity index is 1.96. The Morgan fingerprint density at radius 1 is 1.69 bits per heavy atom. The Labute approximate surface area is 94.6 Å². The van der Waals surface area contributed by atoms with Gasteiger partial charge >= 0.3 is 0 Å². The zero-order valence-electron chi connectivity index (χ0n) is 9.26. The van der Waals surface area contributed by atoms with Crippen molar-refractivity contribution in [2.75, 3.05) is 19.6 Å². The topological polar surface area (TPSA) is 72.4 Å². The molecule has 1 aromatic rings. The zero-order chi connectivity index (χ0) is 11.4. The van der Waals surface area contributed by atoms with Crippen molar-refractivity contribution in [3.63, 3.8) is 0 Å². The number of nitrogens with zero attached hydrogens (tertiary/aromatic N) is 2. The van der Waals surface area contributed by atoms with E-state index in [9.17, 15) is 4.79 Å². The van der Waals surface area contributed by atoms with Crippen LogP contribution in [0.25, 0.3) is 0 Å². The average Bonchev–Trinajstić information content (AvgIpc) is 2.82.